The Balaban J connectivity index is 1.51. The molecule has 1 aliphatic rings. The molecule has 7 nitrogen and oxygen atoms in total. The topological polar surface area (TPSA) is 115 Å². The molecule has 4 aromatic rings. The van der Waals surface area contributed by atoms with E-state index in [9.17, 15) is 29.1 Å². The van der Waals surface area contributed by atoms with E-state index < -0.39 is 23.5 Å². The molecule has 0 heterocycles. The molecule has 180 valence electrons. The number of hydrogen-bond acceptors (Lipinski definition) is 6. The summed E-state index contributed by atoms with van der Waals surface area (Å²) in [5.41, 5.74) is 2.38. The zero-order valence-corrected chi connectivity index (χ0v) is 19.5. The lowest BCUT2D eigenvalue weighted by molar-refractivity contribution is 0.0596. The minimum atomic E-state index is -1.22. The summed E-state index contributed by atoms with van der Waals surface area (Å²) < 4.78 is 4.77. The van der Waals surface area contributed by atoms with Gasteiger partial charge in [-0.1, -0.05) is 60.7 Å². The number of ketones is 3. The highest BCUT2D eigenvalue weighted by Gasteiger charge is 2.30. The Morgan fingerprint density at radius 2 is 1.03 bits per heavy atom. The van der Waals surface area contributed by atoms with Crippen molar-refractivity contribution in [2.45, 2.75) is 0 Å². The van der Waals surface area contributed by atoms with Crippen LogP contribution in [0.5, 0.6) is 0 Å². The third kappa shape index (κ3) is 3.92. The van der Waals surface area contributed by atoms with E-state index in [4.69, 9.17) is 4.74 Å². The standard InChI is InChI=1S/C30H18O7/c1-37-30(36)23-9-5-3-7-21(23)27(32)17-11-13-19-18-12-10-16(14-24(18)28(33)25(19)15-17)26(31)20-6-2-4-8-22(20)29(34)35/h2-15H,1H3,(H,34,35). The van der Waals surface area contributed by atoms with Crippen molar-refractivity contribution >= 4 is 29.3 Å². The molecule has 0 bridgehead atoms. The summed E-state index contributed by atoms with van der Waals surface area (Å²) in [6, 6.07) is 21.5. The maximum atomic E-state index is 13.3. The third-order valence-corrected chi connectivity index (χ3v) is 6.32. The lowest BCUT2D eigenvalue weighted by Crippen LogP contribution is -2.11. The SMILES string of the molecule is COC(=O)c1ccccc1C(=O)c1ccc2c(c1)C(=O)c1cc(C(=O)c3ccccc3C(=O)O)ccc1-2. The molecule has 7 heteroatoms. The number of fused-ring (bicyclic) bond motifs is 3. The molecule has 0 unspecified atom stereocenters. The third-order valence-electron chi connectivity index (χ3n) is 6.32. The number of carbonyl (C=O) groups is 5. The van der Waals surface area contributed by atoms with Crippen molar-refractivity contribution in [3.8, 4) is 11.1 Å². The van der Waals surface area contributed by atoms with Crippen molar-refractivity contribution in [2.24, 2.45) is 0 Å². The molecule has 0 amide bonds. The van der Waals surface area contributed by atoms with E-state index in [0.29, 0.717) is 16.7 Å². The molecule has 0 radical (unpaired) electrons. The molecule has 0 saturated heterocycles. The van der Waals surface area contributed by atoms with Crippen molar-refractivity contribution in [1.29, 1.82) is 0 Å². The summed E-state index contributed by atoms with van der Waals surface area (Å²) in [4.78, 5) is 63.3. The summed E-state index contributed by atoms with van der Waals surface area (Å²) in [5, 5.41) is 9.43. The highest BCUT2D eigenvalue weighted by Crippen LogP contribution is 2.38. The minimum absolute atomic E-state index is 0.0232. The van der Waals surface area contributed by atoms with E-state index in [1.54, 1.807) is 42.5 Å². The van der Waals surface area contributed by atoms with Gasteiger partial charge in [0, 0.05) is 33.4 Å². The van der Waals surface area contributed by atoms with Crippen molar-refractivity contribution in [2.75, 3.05) is 7.11 Å². The largest absolute Gasteiger partial charge is 0.478 e. The Kier molecular flexibility index (Phi) is 5.81. The van der Waals surface area contributed by atoms with E-state index in [1.807, 2.05) is 0 Å². The molecule has 1 N–H and O–H groups in total. The van der Waals surface area contributed by atoms with Crippen LogP contribution in [0.15, 0.2) is 84.9 Å². The van der Waals surface area contributed by atoms with Gasteiger partial charge in [0.2, 0.25) is 0 Å². The Labute approximate surface area is 211 Å². The number of hydrogen-bond donors (Lipinski definition) is 1. The minimum Gasteiger partial charge on any atom is -0.478 e. The molecular formula is C30H18O7. The number of esters is 1. The van der Waals surface area contributed by atoms with Crippen LogP contribution < -0.4 is 0 Å². The number of rotatable bonds is 6. The second-order valence-electron chi connectivity index (χ2n) is 8.40. The lowest BCUT2D eigenvalue weighted by Gasteiger charge is -2.08. The van der Waals surface area contributed by atoms with Gasteiger partial charge in [-0.3, -0.25) is 14.4 Å². The molecule has 4 aromatic carbocycles. The second-order valence-corrected chi connectivity index (χ2v) is 8.40. The van der Waals surface area contributed by atoms with E-state index >= 15 is 0 Å². The van der Waals surface area contributed by atoms with Gasteiger partial charge in [0.05, 0.1) is 18.2 Å². The van der Waals surface area contributed by atoms with Crippen LogP contribution in [0.3, 0.4) is 0 Å². The summed E-state index contributed by atoms with van der Waals surface area (Å²) in [6.45, 7) is 0. The molecule has 0 aromatic heterocycles. The number of carboxylic acids is 1. The normalized spacial score (nSPS) is 11.4. The lowest BCUT2D eigenvalue weighted by atomic mass is 9.95. The summed E-state index contributed by atoms with van der Waals surface area (Å²) in [5.74, 6) is -3.18. The fourth-order valence-electron chi connectivity index (χ4n) is 4.51. The van der Waals surface area contributed by atoms with Crippen LogP contribution in [0, 0.1) is 0 Å². The molecule has 0 atom stereocenters. The van der Waals surface area contributed by atoms with Gasteiger partial charge in [-0.05, 0) is 35.4 Å². The Morgan fingerprint density at radius 3 is 1.49 bits per heavy atom. The van der Waals surface area contributed by atoms with E-state index in [-0.39, 0.29) is 44.7 Å². The number of ether oxygens (including phenoxy) is 1. The van der Waals surface area contributed by atoms with Crippen LogP contribution in [-0.4, -0.2) is 41.5 Å². The van der Waals surface area contributed by atoms with Crippen molar-refractivity contribution in [3.63, 3.8) is 0 Å². The van der Waals surface area contributed by atoms with Crippen molar-refractivity contribution < 1.29 is 33.8 Å². The Hall–Kier alpha value is -5.17. The first-order chi connectivity index (χ1) is 17.8. The van der Waals surface area contributed by atoms with Gasteiger partial charge < -0.3 is 9.84 Å². The first kappa shape index (κ1) is 23.6. The average molecular weight is 490 g/mol. The highest BCUT2D eigenvalue weighted by molar-refractivity contribution is 6.25. The van der Waals surface area contributed by atoms with Crippen LogP contribution in [-0.2, 0) is 4.74 Å². The predicted molar refractivity (Wildman–Crippen MR) is 133 cm³/mol. The van der Waals surface area contributed by atoms with E-state index in [2.05, 4.69) is 0 Å². The number of carboxylic acid groups (broad SMARTS) is 1. The molecule has 1 aliphatic carbocycles. The van der Waals surface area contributed by atoms with Crippen LogP contribution >= 0.6 is 0 Å². The van der Waals surface area contributed by atoms with E-state index in [0.717, 1.165) is 0 Å². The molecule has 0 saturated carbocycles. The van der Waals surface area contributed by atoms with Crippen molar-refractivity contribution in [1.82, 2.24) is 0 Å². The van der Waals surface area contributed by atoms with Gasteiger partial charge in [-0.25, -0.2) is 9.59 Å². The molecule has 5 rings (SSSR count). The fraction of sp³-hybridized carbons (Fsp3) is 0.0333. The molecule has 0 spiro atoms. The molecule has 0 aliphatic heterocycles. The number of methoxy groups -OCH3 is 1. The van der Waals surface area contributed by atoms with Gasteiger partial charge in [0.25, 0.3) is 0 Å². The zero-order valence-electron chi connectivity index (χ0n) is 19.5. The van der Waals surface area contributed by atoms with Crippen LogP contribution in [0.25, 0.3) is 11.1 Å². The maximum absolute atomic E-state index is 13.3. The summed E-state index contributed by atoms with van der Waals surface area (Å²) in [6.07, 6.45) is 0. The zero-order chi connectivity index (χ0) is 26.3. The number of aromatic carboxylic acids is 1. The van der Waals surface area contributed by atoms with Crippen LogP contribution in [0.1, 0.15) is 68.5 Å². The monoisotopic (exact) mass is 490 g/mol. The quantitative estimate of drug-likeness (QED) is 0.267. The van der Waals surface area contributed by atoms with Gasteiger partial charge >= 0.3 is 11.9 Å². The highest BCUT2D eigenvalue weighted by atomic mass is 16.5. The molecule has 0 fully saturated rings. The molecule has 37 heavy (non-hydrogen) atoms. The van der Waals surface area contributed by atoms with Gasteiger partial charge in [0.15, 0.2) is 17.3 Å². The number of carbonyl (C=O) groups excluding carboxylic acids is 4. The van der Waals surface area contributed by atoms with Crippen molar-refractivity contribution in [3.05, 3.63) is 129 Å². The van der Waals surface area contributed by atoms with Gasteiger partial charge in [-0.2, -0.15) is 0 Å². The molecular weight excluding hydrogens is 472 g/mol. The van der Waals surface area contributed by atoms with Gasteiger partial charge in [0.1, 0.15) is 0 Å². The Bertz CT molecular complexity index is 1660. The predicted octanol–water partition coefficient (Wildman–Crippen LogP) is 4.84. The summed E-state index contributed by atoms with van der Waals surface area (Å²) >= 11 is 0. The smallest absolute Gasteiger partial charge is 0.338 e. The maximum Gasteiger partial charge on any atom is 0.338 e. The number of benzene rings is 4. The first-order valence-corrected chi connectivity index (χ1v) is 11.2. The summed E-state index contributed by atoms with van der Waals surface area (Å²) in [7, 11) is 1.23. The first-order valence-electron chi connectivity index (χ1n) is 11.2. The fourth-order valence-corrected chi connectivity index (χ4v) is 4.51. The van der Waals surface area contributed by atoms with E-state index in [1.165, 1.54) is 49.6 Å². The Morgan fingerprint density at radius 1 is 0.595 bits per heavy atom. The average Bonchev–Trinajstić information content (AvgIpc) is 3.22. The van der Waals surface area contributed by atoms with Gasteiger partial charge in [-0.15, -0.1) is 0 Å². The van der Waals surface area contributed by atoms with Crippen LogP contribution in [0.4, 0.5) is 0 Å². The second kappa shape index (κ2) is 9.13. The van der Waals surface area contributed by atoms with Crippen LogP contribution in [0.2, 0.25) is 0 Å².